The summed E-state index contributed by atoms with van der Waals surface area (Å²) in [5.74, 6) is -0.296. The molecule has 2 saturated heterocycles. The molecule has 44 heavy (non-hydrogen) atoms. The minimum Gasteiger partial charge on any atom is -0.336 e. The second-order valence-electron chi connectivity index (χ2n) is 11.2. The monoisotopic (exact) mass is 701 g/mol. The van der Waals surface area contributed by atoms with E-state index in [9.17, 15) is 14.4 Å². The second kappa shape index (κ2) is 13.7. The van der Waals surface area contributed by atoms with Gasteiger partial charge in [0.05, 0.1) is 13.1 Å². The van der Waals surface area contributed by atoms with E-state index in [1.54, 1.807) is 22.0 Å². The number of nitrogens with one attached hydrogen (secondary N) is 1. The third kappa shape index (κ3) is 6.53. The Morgan fingerprint density at radius 3 is 2.18 bits per heavy atom. The summed E-state index contributed by atoms with van der Waals surface area (Å²) in [5, 5.41) is 6.35. The molecule has 0 aromatic heterocycles. The van der Waals surface area contributed by atoms with Crippen molar-refractivity contribution in [2.75, 3.05) is 26.7 Å². The van der Waals surface area contributed by atoms with Crippen LogP contribution in [0.2, 0.25) is 0 Å². The molecule has 226 valence electrons. The van der Waals surface area contributed by atoms with E-state index in [1.165, 1.54) is 0 Å². The molecule has 0 saturated carbocycles. The van der Waals surface area contributed by atoms with E-state index in [4.69, 9.17) is 0 Å². The van der Waals surface area contributed by atoms with Gasteiger partial charge in [-0.05, 0) is 30.4 Å². The Hall–Kier alpha value is -4.09. The second-order valence-corrected chi connectivity index (χ2v) is 13.3. The number of urea groups is 1. The van der Waals surface area contributed by atoms with Gasteiger partial charge in [-0.15, -0.1) is 0 Å². The van der Waals surface area contributed by atoms with Crippen LogP contribution in [0.25, 0.3) is 0 Å². The van der Waals surface area contributed by atoms with Crippen molar-refractivity contribution >= 4 is 42.6 Å². The molecule has 0 aliphatic carbocycles. The van der Waals surface area contributed by atoms with Gasteiger partial charge in [-0.3, -0.25) is 9.59 Å². The number of hydrogen-bond acceptors (Lipinski definition) is 4. The number of halogens is 1. The molecule has 0 spiro atoms. The Labute approximate surface area is 268 Å². The lowest BCUT2D eigenvalue weighted by molar-refractivity contribution is -0.186. The van der Waals surface area contributed by atoms with Crippen molar-refractivity contribution in [2.24, 2.45) is 0 Å². The third-order valence-corrected chi connectivity index (χ3v) is 10.3. The van der Waals surface area contributed by atoms with Crippen molar-refractivity contribution in [3.63, 3.8) is 0 Å². The van der Waals surface area contributed by atoms with Crippen molar-refractivity contribution in [3.8, 4) is 0 Å². The van der Waals surface area contributed by atoms with Gasteiger partial charge in [-0.1, -0.05) is 124 Å². The van der Waals surface area contributed by atoms with Crippen molar-refractivity contribution in [2.45, 2.75) is 31.1 Å². The highest BCUT2D eigenvalue weighted by Crippen LogP contribution is 2.33. The summed E-state index contributed by atoms with van der Waals surface area (Å²) in [5.41, 5.74) is 4.26. The van der Waals surface area contributed by atoms with E-state index >= 15 is 0 Å². The van der Waals surface area contributed by atoms with Crippen LogP contribution >= 0.6 is 20.7 Å². The number of amides is 4. The minimum atomic E-state index is -0.704. The largest absolute Gasteiger partial charge is 0.336 e. The number of piperazine rings is 1. The molecule has 4 amide bonds. The number of rotatable bonds is 8. The van der Waals surface area contributed by atoms with Gasteiger partial charge in [0.25, 0.3) is 0 Å². The fourth-order valence-corrected chi connectivity index (χ4v) is 7.79. The Kier molecular flexibility index (Phi) is 9.32. The summed E-state index contributed by atoms with van der Waals surface area (Å²) >= 11 is -0.227. The predicted octanol–water partition coefficient (Wildman–Crippen LogP) is 4.87. The number of carbonyl (C=O) groups is 3. The Balaban J connectivity index is 1.34. The number of hydrazine groups is 1. The van der Waals surface area contributed by atoms with E-state index in [0.29, 0.717) is 19.5 Å². The summed E-state index contributed by atoms with van der Waals surface area (Å²) in [6.45, 7) is 1.03. The zero-order valence-corrected chi connectivity index (χ0v) is 26.8. The smallest absolute Gasteiger partial charge is 0.334 e. The zero-order chi connectivity index (χ0) is 30.5. The molecule has 3 heterocycles. The lowest BCUT2D eigenvalue weighted by Gasteiger charge is -2.54. The van der Waals surface area contributed by atoms with Crippen molar-refractivity contribution in [1.82, 2.24) is 25.1 Å². The molecule has 0 unspecified atom stereocenters. The third-order valence-electron chi connectivity index (χ3n) is 8.33. The van der Waals surface area contributed by atoms with Crippen molar-refractivity contribution in [3.05, 3.63) is 129 Å². The summed E-state index contributed by atoms with van der Waals surface area (Å²) < 4.78 is 4.38. The first-order valence-electron chi connectivity index (χ1n) is 14.8. The summed E-state index contributed by atoms with van der Waals surface area (Å²) in [6.07, 6.45) is 3.86. The standard InChI is InChI=1S/C35H36IN5O3/c1-38-25-33(42)40-31(20-27-14-11-19-36-21-27)34(43)39(23-30(28-15-7-3-8-16-28)29-17-9-4-10-18-29)24-32(40)41(38)35(44)37-22-26-12-5-2-6-13-26/h2-19,21,30-32H,20,22-25H2,1H3,(H,37,44)/t31-,32-/m0/s1. The number of nitrogens with zero attached hydrogens (tertiary/aromatic N) is 4. The molecular weight excluding hydrogens is 665 g/mol. The predicted molar refractivity (Wildman–Crippen MR) is 181 cm³/mol. The number of allylic oxidation sites excluding steroid dienone is 2. The normalized spacial score (nSPS) is 20.3. The molecule has 6 rings (SSSR count). The van der Waals surface area contributed by atoms with Gasteiger partial charge in [0, 0.05) is 32.5 Å². The maximum absolute atomic E-state index is 14.4. The molecule has 3 aliphatic heterocycles. The van der Waals surface area contributed by atoms with Crippen LogP contribution in [0.15, 0.2) is 113 Å². The van der Waals surface area contributed by atoms with Gasteiger partial charge >= 0.3 is 6.03 Å². The first-order chi connectivity index (χ1) is 21.5. The summed E-state index contributed by atoms with van der Waals surface area (Å²) in [7, 11) is 1.76. The molecule has 0 radical (unpaired) electrons. The first-order valence-corrected chi connectivity index (χ1v) is 17.3. The highest BCUT2D eigenvalue weighted by atomic mass is 127. The fourth-order valence-electron chi connectivity index (χ4n) is 6.21. The molecule has 2 atom stereocenters. The molecule has 9 heteroatoms. The van der Waals surface area contributed by atoms with Gasteiger partial charge in [-0.2, -0.15) is 0 Å². The molecular formula is C35H36IN5O3. The van der Waals surface area contributed by atoms with Crippen molar-refractivity contribution < 1.29 is 14.4 Å². The molecule has 1 N–H and O–H groups in total. The SMILES string of the molecule is CN1CC(=O)N2[C@@H](CC3=CC=CI=C3)C(=O)N(CC(c3ccccc3)c3ccccc3)C[C@@H]2N1C(=O)NCc1ccccc1. The molecule has 3 aliphatic rings. The lowest BCUT2D eigenvalue weighted by Crippen LogP contribution is -2.76. The maximum Gasteiger partial charge on any atom is 0.334 e. The van der Waals surface area contributed by atoms with Crippen molar-refractivity contribution in [1.29, 1.82) is 0 Å². The average Bonchev–Trinajstić information content (AvgIpc) is 3.06. The van der Waals surface area contributed by atoms with E-state index in [0.717, 1.165) is 22.3 Å². The maximum atomic E-state index is 14.4. The fraction of sp³-hybridized carbons (Fsp3) is 0.257. The van der Waals surface area contributed by atoms with E-state index in [-0.39, 0.29) is 57.6 Å². The number of hydrogen-bond donors (Lipinski definition) is 1. The molecule has 3 aromatic rings. The highest BCUT2D eigenvalue weighted by Gasteiger charge is 2.51. The van der Waals surface area contributed by atoms with Crippen LogP contribution in [0.3, 0.4) is 0 Å². The summed E-state index contributed by atoms with van der Waals surface area (Å²) in [6, 6.07) is 29.2. The van der Waals surface area contributed by atoms with Crippen LogP contribution in [-0.4, -0.2) is 80.6 Å². The van der Waals surface area contributed by atoms with Crippen LogP contribution < -0.4 is 5.32 Å². The van der Waals surface area contributed by atoms with Crippen LogP contribution in [0, 0.1) is 0 Å². The van der Waals surface area contributed by atoms with E-state index in [1.807, 2.05) is 83.8 Å². The Morgan fingerprint density at radius 1 is 0.932 bits per heavy atom. The quantitative estimate of drug-likeness (QED) is 0.341. The molecule has 0 bridgehead atoms. The van der Waals surface area contributed by atoms with Gasteiger partial charge in [0.1, 0.15) is 12.2 Å². The van der Waals surface area contributed by atoms with Gasteiger partial charge in [0.2, 0.25) is 11.8 Å². The summed E-state index contributed by atoms with van der Waals surface area (Å²) in [4.78, 5) is 45.4. The molecule has 2 fully saturated rings. The van der Waals surface area contributed by atoms with Crippen LogP contribution in [-0.2, 0) is 16.1 Å². The minimum absolute atomic E-state index is 0.0191. The van der Waals surface area contributed by atoms with Crippen LogP contribution in [0.4, 0.5) is 4.79 Å². The van der Waals surface area contributed by atoms with E-state index in [2.05, 4.69) is 37.7 Å². The average molecular weight is 702 g/mol. The van der Waals surface area contributed by atoms with Gasteiger partial charge < -0.3 is 15.1 Å². The molecule has 8 nitrogen and oxygen atoms in total. The number of fused-ring (bicyclic) bond motifs is 1. The van der Waals surface area contributed by atoms with Gasteiger partial charge in [-0.25, -0.2) is 14.8 Å². The number of carbonyl (C=O) groups excluding carboxylic acids is 3. The number of benzene rings is 3. The number of likely N-dealkylation sites (N-methyl/N-ethyl adjacent to an activating group) is 1. The Morgan fingerprint density at radius 2 is 1.57 bits per heavy atom. The van der Waals surface area contributed by atoms with E-state index < -0.39 is 12.2 Å². The highest BCUT2D eigenvalue weighted by molar-refractivity contribution is 14.2. The van der Waals surface area contributed by atoms with Gasteiger partial charge in [0.15, 0.2) is 0 Å². The van der Waals surface area contributed by atoms with Crippen LogP contribution in [0.5, 0.6) is 0 Å². The lowest BCUT2D eigenvalue weighted by atomic mass is 9.89. The Bertz CT molecular complexity index is 1540. The molecule has 3 aromatic carbocycles. The van der Waals surface area contributed by atoms with Crippen LogP contribution in [0.1, 0.15) is 29.0 Å². The zero-order valence-electron chi connectivity index (χ0n) is 24.6. The topological polar surface area (TPSA) is 76.2 Å². The first kappa shape index (κ1) is 30.0.